The van der Waals surface area contributed by atoms with Crippen molar-refractivity contribution in [2.24, 2.45) is 5.92 Å². The third-order valence-electron chi connectivity index (χ3n) is 7.21. The largest absolute Gasteiger partial charge is 0.349 e. The minimum atomic E-state index is -0.179. The van der Waals surface area contributed by atoms with E-state index in [1.165, 1.54) is 11.1 Å². The summed E-state index contributed by atoms with van der Waals surface area (Å²) in [6.07, 6.45) is 7.46. The molecule has 3 heterocycles. The van der Waals surface area contributed by atoms with Crippen LogP contribution in [-0.2, 0) is 29.6 Å². The Morgan fingerprint density at radius 3 is 2.69 bits per heavy atom. The maximum Gasteiger partial charge on any atom is 0.278 e. The second-order valence-corrected chi connectivity index (χ2v) is 11.3. The van der Waals surface area contributed by atoms with Gasteiger partial charge in [0.05, 0.1) is 12.2 Å². The number of aryl methyl sites for hydroxylation is 1. The quantitative estimate of drug-likeness (QED) is 0.375. The standard InChI is InChI=1S/C30H35N7O2/c1-7-14-36-28(39)24-18-32-29(34-26(24)37(36)23-12-13-31-25(17-23)30(2,3)4)33-22-11-10-19-15-21(27(38)35(5)6)9-8-20(19)16-22/h7,10-13,16-18,21H,1,8-9,14-15H2,2-6H3,(H,32,33,34). The van der Waals surface area contributed by atoms with E-state index in [0.717, 1.165) is 36.3 Å². The molecule has 202 valence electrons. The van der Waals surface area contributed by atoms with Gasteiger partial charge in [0, 0.05) is 49.2 Å². The van der Waals surface area contributed by atoms with Gasteiger partial charge in [0.1, 0.15) is 5.39 Å². The van der Waals surface area contributed by atoms with Crippen molar-refractivity contribution < 1.29 is 4.79 Å². The average Bonchev–Trinajstić information content (AvgIpc) is 3.18. The van der Waals surface area contributed by atoms with Crippen molar-refractivity contribution in [1.29, 1.82) is 0 Å². The Bertz CT molecular complexity index is 1620. The Kier molecular flexibility index (Phi) is 6.84. The highest BCUT2D eigenvalue weighted by Gasteiger charge is 2.26. The fourth-order valence-electron chi connectivity index (χ4n) is 5.14. The van der Waals surface area contributed by atoms with Crippen molar-refractivity contribution in [2.75, 3.05) is 19.4 Å². The number of pyridine rings is 1. The maximum atomic E-state index is 13.3. The van der Waals surface area contributed by atoms with E-state index in [1.807, 2.05) is 37.0 Å². The first-order valence-electron chi connectivity index (χ1n) is 13.2. The fourth-order valence-corrected chi connectivity index (χ4v) is 5.14. The smallest absolute Gasteiger partial charge is 0.278 e. The van der Waals surface area contributed by atoms with Gasteiger partial charge in [0.15, 0.2) is 5.65 Å². The Hall–Kier alpha value is -4.27. The Balaban J connectivity index is 1.51. The summed E-state index contributed by atoms with van der Waals surface area (Å²) in [7, 11) is 3.62. The molecule has 0 fully saturated rings. The lowest BCUT2D eigenvalue weighted by atomic mass is 9.83. The first-order valence-corrected chi connectivity index (χ1v) is 13.2. The number of hydrogen-bond donors (Lipinski definition) is 1. The molecule has 0 bridgehead atoms. The third kappa shape index (κ3) is 5.08. The van der Waals surface area contributed by atoms with Crippen LogP contribution in [0.5, 0.6) is 0 Å². The molecule has 39 heavy (non-hydrogen) atoms. The number of fused-ring (bicyclic) bond motifs is 2. The van der Waals surface area contributed by atoms with E-state index in [9.17, 15) is 9.59 Å². The monoisotopic (exact) mass is 525 g/mol. The molecule has 1 amide bonds. The van der Waals surface area contributed by atoms with Crippen molar-refractivity contribution in [1.82, 2.24) is 29.2 Å². The minimum absolute atomic E-state index is 0.0281. The van der Waals surface area contributed by atoms with Gasteiger partial charge in [0.25, 0.3) is 5.56 Å². The molecule has 4 aromatic rings. The Morgan fingerprint density at radius 1 is 1.18 bits per heavy atom. The van der Waals surface area contributed by atoms with Crippen LogP contribution in [0, 0.1) is 5.92 Å². The SMILES string of the molecule is C=CCn1c(=O)c2cnc(Nc3ccc4c(c3)CCC(C(=O)N(C)C)C4)nc2n1-c1ccnc(C(C)(C)C)c1. The highest BCUT2D eigenvalue weighted by atomic mass is 16.2. The molecule has 0 saturated carbocycles. The number of allylic oxidation sites excluding steroid dienone is 1. The van der Waals surface area contributed by atoms with Crippen molar-refractivity contribution in [3.8, 4) is 5.69 Å². The molecule has 1 atom stereocenters. The molecule has 9 heteroatoms. The number of carbonyl (C=O) groups excluding carboxylic acids is 1. The lowest BCUT2D eigenvalue weighted by molar-refractivity contribution is -0.133. The Labute approximate surface area is 228 Å². The molecule has 1 aliphatic rings. The van der Waals surface area contributed by atoms with Crippen LogP contribution in [0.25, 0.3) is 16.7 Å². The second-order valence-electron chi connectivity index (χ2n) is 11.3. The molecule has 1 aromatic carbocycles. The van der Waals surface area contributed by atoms with Crippen molar-refractivity contribution in [3.05, 3.63) is 82.6 Å². The predicted molar refractivity (Wildman–Crippen MR) is 154 cm³/mol. The van der Waals surface area contributed by atoms with Crippen LogP contribution >= 0.6 is 0 Å². The van der Waals surface area contributed by atoms with Gasteiger partial charge in [-0.25, -0.2) is 14.3 Å². The van der Waals surface area contributed by atoms with Gasteiger partial charge >= 0.3 is 0 Å². The summed E-state index contributed by atoms with van der Waals surface area (Å²) >= 11 is 0. The van der Waals surface area contributed by atoms with Crippen molar-refractivity contribution in [2.45, 2.75) is 52.0 Å². The summed E-state index contributed by atoms with van der Waals surface area (Å²) in [5.41, 5.74) is 5.17. The van der Waals surface area contributed by atoms with Crippen LogP contribution in [-0.4, -0.2) is 49.2 Å². The van der Waals surface area contributed by atoms with E-state index in [0.29, 0.717) is 23.5 Å². The fraction of sp³-hybridized carbons (Fsp3) is 0.367. The highest BCUT2D eigenvalue weighted by molar-refractivity contribution is 5.79. The van der Waals surface area contributed by atoms with Crippen LogP contribution < -0.4 is 10.9 Å². The molecule has 9 nitrogen and oxygen atoms in total. The normalized spacial score (nSPS) is 15.2. The van der Waals surface area contributed by atoms with Gasteiger partial charge in [-0.15, -0.1) is 6.58 Å². The van der Waals surface area contributed by atoms with Crippen LogP contribution in [0.1, 0.15) is 44.0 Å². The number of hydrogen-bond acceptors (Lipinski definition) is 6. The lowest BCUT2D eigenvalue weighted by Gasteiger charge is -2.26. The molecule has 0 spiro atoms. The van der Waals surface area contributed by atoms with E-state index in [2.05, 4.69) is 54.8 Å². The van der Waals surface area contributed by atoms with E-state index >= 15 is 0 Å². The number of nitrogens with one attached hydrogen (secondary N) is 1. The summed E-state index contributed by atoms with van der Waals surface area (Å²) in [6, 6.07) is 10.0. The number of carbonyl (C=O) groups is 1. The van der Waals surface area contributed by atoms with Gasteiger partial charge in [-0.05, 0) is 54.7 Å². The summed E-state index contributed by atoms with van der Waals surface area (Å²) in [6.45, 7) is 10.5. The topological polar surface area (TPSA) is 97.9 Å². The van der Waals surface area contributed by atoms with E-state index in [1.54, 1.807) is 28.1 Å². The zero-order chi connectivity index (χ0) is 27.9. The predicted octanol–water partition coefficient (Wildman–Crippen LogP) is 4.40. The van der Waals surface area contributed by atoms with Gasteiger partial charge in [-0.2, -0.15) is 4.98 Å². The van der Waals surface area contributed by atoms with Gasteiger partial charge in [-0.3, -0.25) is 14.6 Å². The van der Waals surface area contributed by atoms with E-state index in [4.69, 9.17) is 4.98 Å². The molecule has 3 aromatic heterocycles. The van der Waals surface area contributed by atoms with Crippen LogP contribution in [0.15, 0.2) is 60.2 Å². The number of rotatable bonds is 6. The molecule has 1 N–H and O–H groups in total. The summed E-state index contributed by atoms with van der Waals surface area (Å²) in [5.74, 6) is 0.608. The second kappa shape index (κ2) is 10.1. The van der Waals surface area contributed by atoms with E-state index in [-0.39, 0.29) is 22.8 Å². The lowest BCUT2D eigenvalue weighted by Crippen LogP contribution is -2.33. The summed E-state index contributed by atoms with van der Waals surface area (Å²) in [4.78, 5) is 41.2. The molecule has 0 radical (unpaired) electrons. The molecule has 1 aliphatic carbocycles. The number of amides is 1. The number of benzene rings is 1. The molecular formula is C30H35N7O2. The van der Waals surface area contributed by atoms with Crippen LogP contribution in [0.4, 0.5) is 11.6 Å². The molecule has 5 rings (SSSR count). The van der Waals surface area contributed by atoms with Crippen molar-refractivity contribution in [3.63, 3.8) is 0 Å². The number of nitrogens with zero attached hydrogens (tertiary/aromatic N) is 6. The maximum absolute atomic E-state index is 13.3. The van der Waals surface area contributed by atoms with Gasteiger partial charge in [-0.1, -0.05) is 32.9 Å². The van der Waals surface area contributed by atoms with Crippen molar-refractivity contribution >= 4 is 28.6 Å². The molecule has 0 aliphatic heterocycles. The van der Waals surface area contributed by atoms with Crippen LogP contribution in [0.3, 0.4) is 0 Å². The summed E-state index contributed by atoms with van der Waals surface area (Å²) < 4.78 is 3.43. The minimum Gasteiger partial charge on any atom is -0.349 e. The highest BCUT2D eigenvalue weighted by Crippen LogP contribution is 2.30. The first-order chi connectivity index (χ1) is 18.6. The molecule has 1 unspecified atom stereocenters. The number of anilines is 2. The zero-order valence-corrected chi connectivity index (χ0v) is 23.2. The van der Waals surface area contributed by atoms with Gasteiger partial charge < -0.3 is 10.2 Å². The first kappa shape index (κ1) is 26.3. The number of aromatic nitrogens is 5. The molecule has 0 saturated heterocycles. The third-order valence-corrected chi connectivity index (χ3v) is 7.21. The van der Waals surface area contributed by atoms with Gasteiger partial charge in [0.2, 0.25) is 11.9 Å². The van der Waals surface area contributed by atoms with Crippen LogP contribution in [0.2, 0.25) is 0 Å². The Morgan fingerprint density at radius 2 is 1.97 bits per heavy atom. The zero-order valence-electron chi connectivity index (χ0n) is 23.2. The average molecular weight is 526 g/mol. The van der Waals surface area contributed by atoms with E-state index < -0.39 is 0 Å². The molecular weight excluding hydrogens is 490 g/mol. The summed E-state index contributed by atoms with van der Waals surface area (Å²) in [5, 5.41) is 3.75.